The van der Waals surface area contributed by atoms with Crippen molar-refractivity contribution in [3.8, 4) is 0 Å². The molecular weight excluding hydrogens is 156 g/mol. The van der Waals surface area contributed by atoms with Gasteiger partial charge < -0.3 is 4.90 Å². The lowest BCUT2D eigenvalue weighted by molar-refractivity contribution is -0.130. The van der Waals surface area contributed by atoms with Gasteiger partial charge in [0.1, 0.15) is 0 Å². The fourth-order valence-electron chi connectivity index (χ4n) is 1.36. The molecule has 0 bridgehead atoms. The lowest BCUT2D eigenvalue weighted by Crippen LogP contribution is -2.40. The number of amides is 1. The van der Waals surface area contributed by atoms with Crippen molar-refractivity contribution in [1.82, 2.24) is 10.6 Å². The molecule has 66 valence electrons. The Bertz CT molecular complexity index is 174. The second-order valence-corrected chi connectivity index (χ2v) is 2.95. The molecule has 1 amide bonds. The molecule has 1 aliphatic rings. The standard InChI is InChI=1S/C8H12N2O2/c9-5-8(12)10-3-1-7(6-11)2-4-10/h7,9H,1-5H2. The number of likely N-dealkylation sites (tertiary alicyclic amines) is 1. The van der Waals surface area contributed by atoms with E-state index in [4.69, 9.17) is 5.73 Å². The highest BCUT2D eigenvalue weighted by molar-refractivity contribution is 5.78. The van der Waals surface area contributed by atoms with Crippen molar-refractivity contribution in [3.05, 3.63) is 0 Å². The second kappa shape index (κ2) is 4.21. The quantitative estimate of drug-likeness (QED) is 0.564. The Morgan fingerprint density at radius 2 is 2.08 bits per heavy atom. The summed E-state index contributed by atoms with van der Waals surface area (Å²) in [4.78, 5) is 22.9. The van der Waals surface area contributed by atoms with Crippen LogP contribution in [-0.2, 0) is 9.59 Å². The molecule has 0 aromatic heterocycles. The number of hydrogen-bond donors (Lipinski definition) is 0. The topological polar surface area (TPSA) is 61.2 Å². The predicted molar refractivity (Wildman–Crippen MR) is 43.0 cm³/mol. The summed E-state index contributed by atoms with van der Waals surface area (Å²) in [6.07, 6.45) is 3.35. The van der Waals surface area contributed by atoms with Crippen LogP contribution in [0.25, 0.3) is 0 Å². The molecule has 1 saturated heterocycles. The van der Waals surface area contributed by atoms with Gasteiger partial charge in [-0.25, -0.2) is 5.73 Å². The van der Waals surface area contributed by atoms with E-state index in [9.17, 15) is 9.59 Å². The van der Waals surface area contributed by atoms with Gasteiger partial charge in [0.15, 0.2) is 0 Å². The Morgan fingerprint density at radius 3 is 2.50 bits per heavy atom. The molecule has 0 spiro atoms. The van der Waals surface area contributed by atoms with Crippen LogP contribution in [0.15, 0.2) is 0 Å². The molecule has 1 rings (SSSR count). The number of rotatable bonds is 2. The number of hydrogen-bond acceptors (Lipinski definition) is 2. The molecule has 1 N–H and O–H groups in total. The van der Waals surface area contributed by atoms with E-state index in [1.165, 1.54) is 0 Å². The molecule has 0 aliphatic carbocycles. The van der Waals surface area contributed by atoms with Crippen LogP contribution in [0.1, 0.15) is 12.8 Å². The average Bonchev–Trinajstić information content (AvgIpc) is 2.17. The highest BCUT2D eigenvalue weighted by Gasteiger charge is 2.21. The molecule has 0 atom stereocenters. The van der Waals surface area contributed by atoms with E-state index < -0.39 is 0 Å². The van der Waals surface area contributed by atoms with Crippen molar-refractivity contribution in [3.63, 3.8) is 0 Å². The third-order valence-electron chi connectivity index (χ3n) is 2.17. The summed E-state index contributed by atoms with van der Waals surface area (Å²) in [5, 5.41) is 0. The van der Waals surface area contributed by atoms with Gasteiger partial charge in [-0.2, -0.15) is 0 Å². The van der Waals surface area contributed by atoms with Gasteiger partial charge in [0.05, 0.1) is 6.54 Å². The Hall–Kier alpha value is -0.900. The minimum absolute atomic E-state index is 0.000200. The van der Waals surface area contributed by atoms with E-state index in [0.29, 0.717) is 25.9 Å². The normalized spacial score (nSPS) is 19.2. The largest absolute Gasteiger partial charge is 0.342 e. The molecule has 1 aliphatic heterocycles. The van der Waals surface area contributed by atoms with Crippen molar-refractivity contribution >= 4 is 12.2 Å². The molecule has 4 nitrogen and oxygen atoms in total. The van der Waals surface area contributed by atoms with Crippen molar-refractivity contribution in [1.29, 1.82) is 0 Å². The summed E-state index contributed by atoms with van der Waals surface area (Å²) >= 11 is 0. The SMILES string of the molecule is [NH]CC(=O)N1CCC([C]=O)CC1. The molecule has 1 fully saturated rings. The summed E-state index contributed by atoms with van der Waals surface area (Å²) in [6.45, 7) is 1.03. The summed E-state index contributed by atoms with van der Waals surface area (Å²) in [6, 6.07) is 0. The third kappa shape index (κ3) is 2.04. The van der Waals surface area contributed by atoms with Gasteiger partial charge in [-0.1, -0.05) is 0 Å². The number of nitrogens with one attached hydrogen (secondary N) is 1. The number of nitrogens with zero attached hydrogens (tertiary/aromatic N) is 1. The number of carbonyl (C=O) groups excluding carboxylic acids is 2. The molecule has 0 aromatic rings. The fourth-order valence-corrected chi connectivity index (χ4v) is 1.36. The van der Waals surface area contributed by atoms with E-state index in [1.807, 2.05) is 6.29 Å². The van der Waals surface area contributed by atoms with Gasteiger partial charge >= 0.3 is 0 Å². The maximum Gasteiger partial charge on any atom is 0.237 e. The summed E-state index contributed by atoms with van der Waals surface area (Å²) in [5.74, 6) is -0.140. The molecule has 4 heteroatoms. The zero-order valence-corrected chi connectivity index (χ0v) is 6.88. The third-order valence-corrected chi connectivity index (χ3v) is 2.17. The minimum atomic E-state index is -0.185. The zero-order valence-electron chi connectivity index (χ0n) is 6.88. The summed E-state index contributed by atoms with van der Waals surface area (Å²) in [5.41, 5.74) is 6.87. The second-order valence-electron chi connectivity index (χ2n) is 2.95. The van der Waals surface area contributed by atoms with E-state index in [-0.39, 0.29) is 18.4 Å². The van der Waals surface area contributed by atoms with Crippen molar-refractivity contribution in [2.75, 3.05) is 19.6 Å². The molecule has 12 heavy (non-hydrogen) atoms. The van der Waals surface area contributed by atoms with Crippen LogP contribution in [0, 0.1) is 5.92 Å². The average molecular weight is 168 g/mol. The number of carbonyl (C=O) groups is 1. The first-order chi connectivity index (χ1) is 5.77. The van der Waals surface area contributed by atoms with Crippen molar-refractivity contribution in [2.45, 2.75) is 12.8 Å². The first-order valence-corrected chi connectivity index (χ1v) is 4.08. The van der Waals surface area contributed by atoms with Crippen LogP contribution in [0.2, 0.25) is 0 Å². The maximum absolute atomic E-state index is 11.0. The van der Waals surface area contributed by atoms with Crippen molar-refractivity contribution in [2.24, 2.45) is 5.92 Å². The van der Waals surface area contributed by atoms with Crippen LogP contribution in [0.5, 0.6) is 0 Å². The summed E-state index contributed by atoms with van der Waals surface area (Å²) < 4.78 is 0. The van der Waals surface area contributed by atoms with E-state index in [0.717, 1.165) is 0 Å². The monoisotopic (exact) mass is 168 g/mol. The summed E-state index contributed by atoms with van der Waals surface area (Å²) in [7, 11) is 0. The first kappa shape index (κ1) is 9.19. The van der Waals surface area contributed by atoms with Gasteiger partial charge in [-0.05, 0) is 12.8 Å². The molecular formula is C8H12N2O2. The lowest BCUT2D eigenvalue weighted by Gasteiger charge is -2.28. The minimum Gasteiger partial charge on any atom is -0.342 e. The number of piperidine rings is 1. The predicted octanol–water partition coefficient (Wildman–Crippen LogP) is -0.382. The lowest BCUT2D eigenvalue weighted by atomic mass is 9.99. The van der Waals surface area contributed by atoms with Gasteiger partial charge in [0, 0.05) is 19.0 Å². The van der Waals surface area contributed by atoms with Crippen LogP contribution in [-0.4, -0.2) is 36.7 Å². The maximum atomic E-state index is 11.0. The van der Waals surface area contributed by atoms with Gasteiger partial charge in [0.2, 0.25) is 12.2 Å². The van der Waals surface area contributed by atoms with Crippen molar-refractivity contribution < 1.29 is 9.59 Å². The van der Waals surface area contributed by atoms with Crippen LogP contribution in [0.3, 0.4) is 0 Å². The van der Waals surface area contributed by atoms with Gasteiger partial charge in [-0.15, -0.1) is 0 Å². The first-order valence-electron chi connectivity index (χ1n) is 4.08. The highest BCUT2D eigenvalue weighted by Crippen LogP contribution is 2.14. The molecule has 0 saturated carbocycles. The van der Waals surface area contributed by atoms with Crippen LogP contribution < -0.4 is 5.73 Å². The van der Waals surface area contributed by atoms with Gasteiger partial charge in [0.25, 0.3) is 0 Å². The Kier molecular flexibility index (Phi) is 3.22. The Morgan fingerprint density at radius 1 is 1.50 bits per heavy atom. The Labute approximate surface area is 71.7 Å². The van der Waals surface area contributed by atoms with Crippen LogP contribution in [0.4, 0.5) is 0 Å². The Balaban J connectivity index is 2.35. The van der Waals surface area contributed by atoms with E-state index in [2.05, 4.69) is 0 Å². The highest BCUT2D eigenvalue weighted by atomic mass is 16.2. The molecule has 0 aromatic carbocycles. The molecule has 2 radical (unpaired) electrons. The van der Waals surface area contributed by atoms with Gasteiger partial charge in [-0.3, -0.25) is 9.59 Å². The van der Waals surface area contributed by atoms with Crippen LogP contribution >= 0.6 is 0 Å². The molecule has 0 unspecified atom stereocenters. The van der Waals surface area contributed by atoms with E-state index in [1.54, 1.807) is 4.90 Å². The zero-order chi connectivity index (χ0) is 8.97. The fraction of sp³-hybridized carbons (Fsp3) is 0.750. The van der Waals surface area contributed by atoms with E-state index >= 15 is 0 Å². The smallest absolute Gasteiger partial charge is 0.237 e. The molecule has 1 heterocycles.